The SMILES string of the molecule is CCc1ccc(S(=O)(=O)N[C@@H]2c3cc(C(=O)Nc4cccc(S(=O)(=O)CCO)c4)ccc3NC(C)(C)[C@H]2O)cc1. The van der Waals surface area contributed by atoms with Crippen LogP contribution in [0.3, 0.4) is 0 Å². The van der Waals surface area contributed by atoms with E-state index < -0.39 is 55.8 Å². The predicted octanol–water partition coefficient (Wildman–Crippen LogP) is 2.85. The average molecular weight is 588 g/mol. The van der Waals surface area contributed by atoms with E-state index >= 15 is 0 Å². The zero-order chi connectivity index (χ0) is 29.3. The first kappa shape index (κ1) is 29.7. The number of anilines is 2. The van der Waals surface area contributed by atoms with Crippen LogP contribution in [0.4, 0.5) is 11.4 Å². The van der Waals surface area contributed by atoms with Crippen molar-refractivity contribution in [3.63, 3.8) is 0 Å². The zero-order valence-electron chi connectivity index (χ0n) is 22.4. The normalized spacial score (nSPS) is 18.4. The first-order chi connectivity index (χ1) is 18.8. The standard InChI is InChI=1S/C28H33N3O7S2/c1-4-18-8-11-21(12-9-18)40(37,38)31-25-23-16-19(10-13-24(23)30-28(2,3)26(25)33)27(34)29-20-6-5-7-22(17-20)39(35,36)15-14-32/h5-13,16-17,25-26,30-33H,4,14-15H2,1-3H3,(H,29,34)/t25-,26+/m1/s1. The number of aliphatic hydroxyl groups is 2. The second-order valence-electron chi connectivity index (χ2n) is 10.2. The third-order valence-electron chi connectivity index (χ3n) is 6.90. The smallest absolute Gasteiger partial charge is 0.255 e. The fraction of sp³-hybridized carbons (Fsp3) is 0.321. The average Bonchev–Trinajstić information content (AvgIpc) is 2.91. The molecule has 1 aliphatic rings. The number of amides is 1. The summed E-state index contributed by atoms with van der Waals surface area (Å²) >= 11 is 0. The molecule has 1 heterocycles. The molecule has 0 unspecified atom stereocenters. The van der Waals surface area contributed by atoms with Crippen molar-refractivity contribution in [2.24, 2.45) is 0 Å². The summed E-state index contributed by atoms with van der Waals surface area (Å²) < 4.78 is 53.8. The monoisotopic (exact) mass is 587 g/mol. The highest BCUT2D eigenvalue weighted by molar-refractivity contribution is 7.91. The molecule has 0 radical (unpaired) electrons. The summed E-state index contributed by atoms with van der Waals surface area (Å²) in [5.41, 5.74) is 1.43. The Morgan fingerprint density at radius 2 is 1.68 bits per heavy atom. The second-order valence-corrected chi connectivity index (χ2v) is 14.0. The molecule has 12 heteroatoms. The Hall–Kier alpha value is -3.29. The van der Waals surface area contributed by atoms with E-state index in [4.69, 9.17) is 5.11 Å². The summed E-state index contributed by atoms with van der Waals surface area (Å²) in [5, 5.41) is 26.1. The van der Waals surface area contributed by atoms with Crippen LogP contribution in [0.15, 0.2) is 76.5 Å². The number of sulfonamides is 1. The molecule has 0 bridgehead atoms. The number of fused-ring (bicyclic) bond motifs is 1. The van der Waals surface area contributed by atoms with E-state index in [1.54, 1.807) is 38.1 Å². The predicted molar refractivity (Wildman–Crippen MR) is 153 cm³/mol. The van der Waals surface area contributed by atoms with Crippen LogP contribution < -0.4 is 15.4 Å². The number of carbonyl (C=O) groups is 1. The number of hydrogen-bond donors (Lipinski definition) is 5. The molecule has 214 valence electrons. The van der Waals surface area contributed by atoms with Gasteiger partial charge in [-0.3, -0.25) is 4.79 Å². The van der Waals surface area contributed by atoms with Crippen molar-refractivity contribution >= 4 is 37.1 Å². The van der Waals surface area contributed by atoms with Gasteiger partial charge in [0.1, 0.15) is 0 Å². The summed E-state index contributed by atoms with van der Waals surface area (Å²) in [6, 6.07) is 15.8. The lowest BCUT2D eigenvalue weighted by molar-refractivity contribution is 0.0770. The number of hydrogen-bond acceptors (Lipinski definition) is 8. The topological polar surface area (TPSA) is 162 Å². The Morgan fingerprint density at radius 1 is 0.975 bits per heavy atom. The molecule has 0 spiro atoms. The molecule has 1 aliphatic heterocycles. The molecule has 4 rings (SSSR count). The molecule has 0 saturated carbocycles. The molecule has 2 atom stereocenters. The summed E-state index contributed by atoms with van der Waals surface area (Å²) in [6.07, 6.45) is -0.424. The van der Waals surface area contributed by atoms with Gasteiger partial charge in [0, 0.05) is 16.9 Å². The Morgan fingerprint density at radius 3 is 2.33 bits per heavy atom. The minimum Gasteiger partial charge on any atom is -0.395 e. The number of aliphatic hydroxyl groups excluding tert-OH is 2. The molecule has 40 heavy (non-hydrogen) atoms. The van der Waals surface area contributed by atoms with Crippen LogP contribution in [0.2, 0.25) is 0 Å². The van der Waals surface area contributed by atoms with Crippen molar-refractivity contribution in [1.82, 2.24) is 4.72 Å². The van der Waals surface area contributed by atoms with Crippen molar-refractivity contribution in [1.29, 1.82) is 0 Å². The van der Waals surface area contributed by atoms with Crippen LogP contribution in [-0.2, 0) is 26.3 Å². The molecular weight excluding hydrogens is 554 g/mol. The van der Waals surface area contributed by atoms with Gasteiger partial charge in [-0.2, -0.15) is 0 Å². The molecule has 5 N–H and O–H groups in total. The van der Waals surface area contributed by atoms with E-state index in [-0.39, 0.29) is 21.0 Å². The molecule has 3 aromatic rings. The lowest BCUT2D eigenvalue weighted by atomic mass is 9.82. The summed E-state index contributed by atoms with van der Waals surface area (Å²) in [6.45, 7) is 4.93. The number of carbonyl (C=O) groups excluding carboxylic acids is 1. The molecule has 0 fully saturated rings. The maximum absolute atomic E-state index is 13.3. The van der Waals surface area contributed by atoms with E-state index in [0.29, 0.717) is 11.3 Å². The van der Waals surface area contributed by atoms with E-state index in [9.17, 15) is 26.7 Å². The van der Waals surface area contributed by atoms with Crippen molar-refractivity contribution in [3.8, 4) is 0 Å². The van der Waals surface area contributed by atoms with E-state index in [1.807, 2.05) is 6.92 Å². The largest absolute Gasteiger partial charge is 0.395 e. The molecule has 0 aliphatic carbocycles. The van der Waals surface area contributed by atoms with Crippen LogP contribution in [0.1, 0.15) is 48.3 Å². The van der Waals surface area contributed by atoms with Gasteiger partial charge in [-0.1, -0.05) is 25.1 Å². The molecule has 3 aromatic carbocycles. The van der Waals surface area contributed by atoms with E-state index in [0.717, 1.165) is 12.0 Å². The third kappa shape index (κ3) is 6.21. The summed E-state index contributed by atoms with van der Waals surface area (Å²) in [7, 11) is -7.75. The van der Waals surface area contributed by atoms with Gasteiger partial charge in [0.15, 0.2) is 9.84 Å². The first-order valence-corrected chi connectivity index (χ1v) is 15.9. The van der Waals surface area contributed by atoms with Crippen molar-refractivity contribution < 1.29 is 31.8 Å². The highest BCUT2D eigenvalue weighted by Gasteiger charge is 2.43. The number of aryl methyl sites for hydroxylation is 1. The molecule has 0 saturated heterocycles. The van der Waals surface area contributed by atoms with Gasteiger partial charge in [-0.15, -0.1) is 0 Å². The first-order valence-electron chi connectivity index (χ1n) is 12.7. The van der Waals surface area contributed by atoms with Gasteiger partial charge in [-0.25, -0.2) is 21.6 Å². The third-order valence-corrected chi connectivity index (χ3v) is 10.0. The van der Waals surface area contributed by atoms with Crippen LogP contribution in [0.25, 0.3) is 0 Å². The van der Waals surface area contributed by atoms with Gasteiger partial charge in [0.2, 0.25) is 10.0 Å². The summed E-state index contributed by atoms with van der Waals surface area (Å²) in [5.74, 6) is -1.00. The number of rotatable bonds is 9. The van der Waals surface area contributed by atoms with Crippen LogP contribution in [-0.4, -0.2) is 57.0 Å². The Kier molecular flexibility index (Phi) is 8.38. The number of benzene rings is 3. The Labute approximate surface area is 234 Å². The van der Waals surface area contributed by atoms with Gasteiger partial charge in [-0.05, 0) is 79.9 Å². The van der Waals surface area contributed by atoms with Crippen molar-refractivity contribution in [2.75, 3.05) is 23.0 Å². The summed E-state index contributed by atoms with van der Waals surface area (Å²) in [4.78, 5) is 13.2. The molecule has 1 amide bonds. The molecular formula is C28H33N3O7S2. The molecule has 0 aromatic heterocycles. The van der Waals surface area contributed by atoms with Crippen molar-refractivity contribution in [2.45, 2.75) is 54.7 Å². The van der Waals surface area contributed by atoms with Crippen LogP contribution in [0.5, 0.6) is 0 Å². The van der Waals surface area contributed by atoms with Crippen LogP contribution in [0, 0.1) is 0 Å². The Bertz CT molecular complexity index is 1620. The van der Waals surface area contributed by atoms with Gasteiger partial charge in [0.25, 0.3) is 5.91 Å². The molecule has 10 nitrogen and oxygen atoms in total. The highest BCUT2D eigenvalue weighted by atomic mass is 32.2. The van der Waals surface area contributed by atoms with Crippen molar-refractivity contribution in [3.05, 3.63) is 83.4 Å². The highest BCUT2D eigenvalue weighted by Crippen LogP contribution is 2.39. The number of sulfone groups is 1. The lowest BCUT2D eigenvalue weighted by Gasteiger charge is -2.43. The van der Waals surface area contributed by atoms with E-state index in [1.165, 1.54) is 42.5 Å². The number of nitrogens with one attached hydrogen (secondary N) is 3. The van der Waals surface area contributed by atoms with Gasteiger partial charge in [0.05, 0.1) is 39.8 Å². The lowest BCUT2D eigenvalue weighted by Crippen LogP contribution is -2.54. The fourth-order valence-electron chi connectivity index (χ4n) is 4.56. The zero-order valence-corrected chi connectivity index (χ0v) is 24.0. The maximum atomic E-state index is 13.3. The minimum absolute atomic E-state index is 0.0409. The quantitative estimate of drug-likeness (QED) is 0.255. The minimum atomic E-state index is -4.03. The second kappa shape index (κ2) is 11.3. The fourth-order valence-corrected chi connectivity index (χ4v) is 6.85. The van der Waals surface area contributed by atoms with E-state index in [2.05, 4.69) is 15.4 Å². The maximum Gasteiger partial charge on any atom is 0.255 e. The van der Waals surface area contributed by atoms with Gasteiger partial charge < -0.3 is 20.8 Å². The van der Waals surface area contributed by atoms with Crippen LogP contribution >= 0.6 is 0 Å². The van der Waals surface area contributed by atoms with Gasteiger partial charge >= 0.3 is 0 Å². The Balaban J connectivity index is 1.65.